The minimum atomic E-state index is -0.476. The lowest BCUT2D eigenvalue weighted by Gasteiger charge is -2.24. The first-order chi connectivity index (χ1) is 8.24. The van der Waals surface area contributed by atoms with Crippen LogP contribution in [0, 0.1) is 11.8 Å². The smallest absolute Gasteiger partial charge is 0.410 e. The lowest BCUT2D eigenvalue weighted by atomic mass is 9.92. The van der Waals surface area contributed by atoms with Crippen LogP contribution >= 0.6 is 0 Å². The number of likely N-dealkylation sites (tertiary alicyclic amines) is 1. The lowest BCUT2D eigenvalue weighted by Crippen LogP contribution is -2.36. The molecular formula is C14H25NO3. The summed E-state index contributed by atoms with van der Waals surface area (Å²) in [6.45, 7) is 10.7. The van der Waals surface area contributed by atoms with Crippen LogP contribution in [0.3, 0.4) is 0 Å². The number of carbonyl (C=O) groups excluding carboxylic acids is 2. The molecule has 1 rings (SSSR count). The molecule has 0 spiro atoms. The Kier molecular flexibility index (Phi) is 4.77. The molecule has 0 aromatic carbocycles. The van der Waals surface area contributed by atoms with Gasteiger partial charge in [0, 0.05) is 24.9 Å². The molecule has 1 aliphatic rings. The third-order valence-electron chi connectivity index (χ3n) is 3.34. The van der Waals surface area contributed by atoms with Crippen molar-refractivity contribution < 1.29 is 14.3 Å². The maximum Gasteiger partial charge on any atom is 0.410 e. The molecule has 0 N–H and O–H groups in total. The van der Waals surface area contributed by atoms with Crippen LogP contribution in [-0.2, 0) is 9.53 Å². The normalized spacial score (nSPS) is 21.8. The van der Waals surface area contributed by atoms with E-state index >= 15 is 0 Å². The number of hydrogen-bond acceptors (Lipinski definition) is 3. The van der Waals surface area contributed by atoms with Gasteiger partial charge in [0.05, 0.1) is 0 Å². The third-order valence-corrected chi connectivity index (χ3v) is 3.34. The standard InChI is InChI=1S/C14H25NO3/c1-6-10(2)12(16)11-7-8-15(9-11)13(17)18-14(3,4)5/h10-11H,6-9H2,1-5H3. The van der Waals surface area contributed by atoms with E-state index in [0.29, 0.717) is 13.1 Å². The SMILES string of the molecule is CCC(C)C(=O)C1CCN(C(=O)OC(C)(C)C)C1. The molecule has 2 unspecified atom stereocenters. The molecule has 0 aromatic rings. The van der Waals surface area contributed by atoms with E-state index < -0.39 is 5.60 Å². The van der Waals surface area contributed by atoms with Gasteiger partial charge in [-0.15, -0.1) is 0 Å². The molecular weight excluding hydrogens is 230 g/mol. The molecule has 1 saturated heterocycles. The Labute approximate surface area is 110 Å². The average Bonchev–Trinajstić information content (AvgIpc) is 2.73. The fourth-order valence-electron chi connectivity index (χ4n) is 2.09. The van der Waals surface area contributed by atoms with Crippen molar-refractivity contribution in [2.24, 2.45) is 11.8 Å². The van der Waals surface area contributed by atoms with Gasteiger partial charge in [0.1, 0.15) is 11.4 Å². The van der Waals surface area contributed by atoms with Gasteiger partial charge in [0.2, 0.25) is 0 Å². The van der Waals surface area contributed by atoms with E-state index in [4.69, 9.17) is 4.74 Å². The van der Waals surface area contributed by atoms with Gasteiger partial charge in [-0.3, -0.25) is 4.79 Å². The van der Waals surface area contributed by atoms with Crippen LogP contribution < -0.4 is 0 Å². The molecule has 104 valence electrons. The van der Waals surface area contributed by atoms with Crippen molar-refractivity contribution in [3.63, 3.8) is 0 Å². The zero-order chi connectivity index (χ0) is 13.9. The fraction of sp³-hybridized carbons (Fsp3) is 0.857. The Morgan fingerprint density at radius 1 is 1.39 bits per heavy atom. The maximum atomic E-state index is 12.1. The number of carbonyl (C=O) groups is 2. The maximum absolute atomic E-state index is 12.1. The molecule has 1 fully saturated rings. The highest BCUT2D eigenvalue weighted by atomic mass is 16.6. The van der Waals surface area contributed by atoms with Gasteiger partial charge in [-0.05, 0) is 33.6 Å². The minimum Gasteiger partial charge on any atom is -0.444 e. The van der Waals surface area contributed by atoms with Crippen LogP contribution in [0.1, 0.15) is 47.5 Å². The summed E-state index contributed by atoms with van der Waals surface area (Å²) in [5.74, 6) is 0.365. The van der Waals surface area contributed by atoms with Crippen molar-refractivity contribution in [2.75, 3.05) is 13.1 Å². The minimum absolute atomic E-state index is 0.00697. The Bertz CT molecular complexity index is 319. The summed E-state index contributed by atoms with van der Waals surface area (Å²) >= 11 is 0. The molecule has 0 saturated carbocycles. The molecule has 0 aliphatic carbocycles. The number of nitrogens with zero attached hydrogens (tertiary/aromatic N) is 1. The summed E-state index contributed by atoms with van der Waals surface area (Å²) in [5, 5.41) is 0. The molecule has 0 aromatic heterocycles. The Morgan fingerprint density at radius 2 is 2.00 bits per heavy atom. The topological polar surface area (TPSA) is 46.6 Å². The number of amides is 1. The number of ether oxygens (including phenoxy) is 1. The summed E-state index contributed by atoms with van der Waals surface area (Å²) < 4.78 is 5.31. The first-order valence-electron chi connectivity index (χ1n) is 6.76. The van der Waals surface area contributed by atoms with Gasteiger partial charge in [-0.1, -0.05) is 13.8 Å². The molecule has 0 bridgehead atoms. The lowest BCUT2D eigenvalue weighted by molar-refractivity contribution is -0.125. The van der Waals surface area contributed by atoms with Crippen LogP contribution in [-0.4, -0.2) is 35.5 Å². The molecule has 4 nitrogen and oxygen atoms in total. The van der Waals surface area contributed by atoms with Crippen LogP contribution in [0.4, 0.5) is 4.79 Å². The quantitative estimate of drug-likeness (QED) is 0.779. The monoisotopic (exact) mass is 255 g/mol. The van der Waals surface area contributed by atoms with Crippen LogP contribution in [0.25, 0.3) is 0 Å². The number of rotatable bonds is 3. The molecule has 1 heterocycles. The Morgan fingerprint density at radius 3 is 2.50 bits per heavy atom. The Balaban J connectivity index is 2.51. The molecule has 18 heavy (non-hydrogen) atoms. The zero-order valence-electron chi connectivity index (χ0n) is 12.2. The molecule has 1 aliphatic heterocycles. The fourth-order valence-corrected chi connectivity index (χ4v) is 2.09. The van der Waals surface area contributed by atoms with Crippen molar-refractivity contribution >= 4 is 11.9 Å². The van der Waals surface area contributed by atoms with Crippen LogP contribution in [0.2, 0.25) is 0 Å². The highest BCUT2D eigenvalue weighted by Gasteiger charge is 2.34. The van der Waals surface area contributed by atoms with E-state index in [-0.39, 0.29) is 23.7 Å². The van der Waals surface area contributed by atoms with E-state index in [0.717, 1.165) is 12.8 Å². The summed E-state index contributed by atoms with van der Waals surface area (Å²) in [5.41, 5.74) is -0.476. The average molecular weight is 255 g/mol. The van der Waals surface area contributed by atoms with Gasteiger partial charge in [-0.2, -0.15) is 0 Å². The third kappa shape index (κ3) is 4.00. The van der Waals surface area contributed by atoms with Gasteiger partial charge in [0.15, 0.2) is 0 Å². The molecule has 4 heteroatoms. The summed E-state index contributed by atoms with van der Waals surface area (Å²) in [6.07, 6.45) is 1.33. The largest absolute Gasteiger partial charge is 0.444 e. The predicted molar refractivity (Wildman–Crippen MR) is 70.4 cm³/mol. The zero-order valence-corrected chi connectivity index (χ0v) is 12.2. The Hall–Kier alpha value is -1.06. The van der Waals surface area contributed by atoms with E-state index in [1.54, 1.807) is 4.90 Å². The second-order valence-electron chi connectivity index (χ2n) is 6.12. The van der Waals surface area contributed by atoms with Gasteiger partial charge in [-0.25, -0.2) is 4.79 Å². The van der Waals surface area contributed by atoms with Crippen molar-refractivity contribution in [3.05, 3.63) is 0 Å². The van der Waals surface area contributed by atoms with E-state index in [9.17, 15) is 9.59 Å². The first kappa shape index (κ1) is 15.0. The van der Waals surface area contributed by atoms with Crippen molar-refractivity contribution in [1.82, 2.24) is 4.90 Å². The summed E-state index contributed by atoms with van der Waals surface area (Å²) in [6, 6.07) is 0. The summed E-state index contributed by atoms with van der Waals surface area (Å²) in [7, 11) is 0. The highest BCUT2D eigenvalue weighted by molar-refractivity contribution is 5.84. The molecule has 1 amide bonds. The van der Waals surface area contributed by atoms with Gasteiger partial charge >= 0.3 is 6.09 Å². The van der Waals surface area contributed by atoms with E-state index in [1.807, 2.05) is 34.6 Å². The van der Waals surface area contributed by atoms with E-state index in [2.05, 4.69) is 0 Å². The molecule has 0 radical (unpaired) electrons. The second kappa shape index (κ2) is 5.72. The van der Waals surface area contributed by atoms with E-state index in [1.165, 1.54) is 0 Å². The van der Waals surface area contributed by atoms with Crippen molar-refractivity contribution in [2.45, 2.75) is 53.1 Å². The predicted octanol–water partition coefficient (Wildman–Crippen LogP) is 2.86. The van der Waals surface area contributed by atoms with Crippen LogP contribution in [0.5, 0.6) is 0 Å². The van der Waals surface area contributed by atoms with Gasteiger partial charge in [0.25, 0.3) is 0 Å². The number of hydrogen-bond donors (Lipinski definition) is 0. The van der Waals surface area contributed by atoms with Crippen molar-refractivity contribution in [1.29, 1.82) is 0 Å². The highest BCUT2D eigenvalue weighted by Crippen LogP contribution is 2.23. The summed E-state index contributed by atoms with van der Waals surface area (Å²) in [4.78, 5) is 25.6. The molecule has 2 atom stereocenters. The second-order valence-corrected chi connectivity index (χ2v) is 6.12. The van der Waals surface area contributed by atoms with Crippen LogP contribution in [0.15, 0.2) is 0 Å². The van der Waals surface area contributed by atoms with Gasteiger partial charge < -0.3 is 9.64 Å². The first-order valence-corrected chi connectivity index (χ1v) is 6.76. The number of ketones is 1. The van der Waals surface area contributed by atoms with Crippen molar-refractivity contribution in [3.8, 4) is 0 Å². The number of Topliss-reactive ketones (excluding diaryl/α,β-unsaturated/α-hetero) is 1.